The minimum Gasteiger partial charge on any atom is -0.352 e. The highest BCUT2D eigenvalue weighted by Gasteiger charge is 2.10. The second-order valence-corrected chi connectivity index (χ2v) is 7.67. The molecule has 0 bridgehead atoms. The van der Waals surface area contributed by atoms with Crippen LogP contribution in [0, 0.1) is 6.92 Å². The maximum atomic E-state index is 12.4. The van der Waals surface area contributed by atoms with Crippen LogP contribution in [0.4, 0.5) is 0 Å². The van der Waals surface area contributed by atoms with Crippen LogP contribution < -0.4 is 5.32 Å². The zero-order chi connectivity index (χ0) is 19.3. The summed E-state index contributed by atoms with van der Waals surface area (Å²) >= 11 is 1.68. The van der Waals surface area contributed by atoms with Gasteiger partial charge in [-0.25, -0.2) is 9.67 Å². The maximum Gasteiger partial charge on any atom is 0.251 e. The van der Waals surface area contributed by atoms with Gasteiger partial charge in [-0.1, -0.05) is 30.3 Å². The molecule has 0 aliphatic heterocycles. The van der Waals surface area contributed by atoms with Crippen LogP contribution in [-0.2, 0) is 6.42 Å². The molecule has 1 amide bonds. The van der Waals surface area contributed by atoms with E-state index in [2.05, 4.69) is 29.5 Å². The van der Waals surface area contributed by atoms with Gasteiger partial charge in [0.05, 0.1) is 16.4 Å². The Kier molecular flexibility index (Phi) is 5.30. The molecule has 0 saturated carbocycles. The van der Waals surface area contributed by atoms with E-state index >= 15 is 0 Å². The lowest BCUT2D eigenvalue weighted by Gasteiger charge is -2.06. The van der Waals surface area contributed by atoms with E-state index in [1.165, 1.54) is 4.88 Å². The summed E-state index contributed by atoms with van der Waals surface area (Å²) < 4.78 is 1.76. The molecule has 4 aromatic rings. The zero-order valence-corrected chi connectivity index (χ0v) is 16.3. The molecule has 0 aliphatic rings. The largest absolute Gasteiger partial charge is 0.352 e. The first-order valence-electron chi connectivity index (χ1n) is 9.11. The van der Waals surface area contributed by atoms with Crippen molar-refractivity contribution in [1.29, 1.82) is 0 Å². The molecule has 2 heterocycles. The van der Waals surface area contributed by atoms with Crippen molar-refractivity contribution in [3.05, 3.63) is 88.5 Å². The van der Waals surface area contributed by atoms with Crippen molar-refractivity contribution in [3.63, 3.8) is 0 Å². The number of aryl methyl sites for hydroxylation is 1. The van der Waals surface area contributed by atoms with E-state index in [1.54, 1.807) is 22.2 Å². The number of nitrogens with zero attached hydrogens (tertiary/aromatic N) is 3. The molecule has 0 unspecified atom stereocenters. The summed E-state index contributed by atoms with van der Waals surface area (Å²) in [6.07, 6.45) is 4.31. The van der Waals surface area contributed by atoms with Crippen molar-refractivity contribution < 1.29 is 4.79 Å². The molecule has 0 fully saturated rings. The molecular formula is C22H20N4OS. The van der Waals surface area contributed by atoms with Crippen LogP contribution in [0.2, 0.25) is 0 Å². The van der Waals surface area contributed by atoms with Gasteiger partial charge in [0, 0.05) is 41.4 Å². The van der Waals surface area contributed by atoms with Crippen molar-refractivity contribution in [2.24, 2.45) is 0 Å². The van der Waals surface area contributed by atoms with Crippen molar-refractivity contribution in [1.82, 2.24) is 20.1 Å². The minimum atomic E-state index is -0.0800. The quantitative estimate of drug-likeness (QED) is 0.536. The predicted octanol–water partition coefficient (Wildman–Crippen LogP) is 4.28. The third-order valence-corrected chi connectivity index (χ3v) is 5.44. The fourth-order valence-corrected chi connectivity index (χ4v) is 3.95. The van der Waals surface area contributed by atoms with Crippen LogP contribution in [0.1, 0.15) is 20.2 Å². The van der Waals surface area contributed by atoms with E-state index in [-0.39, 0.29) is 5.91 Å². The minimum absolute atomic E-state index is 0.0800. The Hall–Kier alpha value is -3.25. The Morgan fingerprint density at radius 3 is 2.57 bits per heavy atom. The maximum absolute atomic E-state index is 12.4. The van der Waals surface area contributed by atoms with Gasteiger partial charge >= 0.3 is 0 Å². The van der Waals surface area contributed by atoms with Gasteiger partial charge in [0.15, 0.2) is 0 Å². The number of nitrogens with one attached hydrogen (secondary N) is 1. The summed E-state index contributed by atoms with van der Waals surface area (Å²) in [6, 6.07) is 19.4. The summed E-state index contributed by atoms with van der Waals surface area (Å²) in [5.41, 5.74) is 3.72. The number of rotatable bonds is 6. The molecule has 0 spiro atoms. The second-order valence-electron chi connectivity index (χ2n) is 6.38. The fraction of sp³-hybridized carbons (Fsp3) is 0.136. The SMILES string of the molecule is Cc1sc(CCNC(=O)c2ccc(-n3cccn3)cc2)nc1-c1ccccc1. The smallest absolute Gasteiger partial charge is 0.251 e. The van der Waals surface area contributed by atoms with E-state index in [1.807, 2.05) is 54.7 Å². The number of benzene rings is 2. The van der Waals surface area contributed by atoms with Gasteiger partial charge in [-0.15, -0.1) is 11.3 Å². The van der Waals surface area contributed by atoms with Crippen LogP contribution in [0.5, 0.6) is 0 Å². The molecule has 28 heavy (non-hydrogen) atoms. The number of hydrogen-bond donors (Lipinski definition) is 1. The molecule has 1 N–H and O–H groups in total. The van der Waals surface area contributed by atoms with E-state index in [0.717, 1.165) is 28.4 Å². The lowest BCUT2D eigenvalue weighted by atomic mass is 10.1. The Morgan fingerprint density at radius 1 is 1.07 bits per heavy atom. The van der Waals surface area contributed by atoms with E-state index < -0.39 is 0 Å². The number of carbonyl (C=O) groups excluding carboxylic acids is 1. The standard InChI is InChI=1S/C22H20N4OS/c1-16-21(17-6-3-2-4-7-17)25-20(28-16)12-14-23-22(27)18-8-10-19(11-9-18)26-15-5-13-24-26/h2-11,13,15H,12,14H2,1H3,(H,23,27). The average molecular weight is 388 g/mol. The molecule has 2 aromatic carbocycles. The molecule has 0 atom stereocenters. The Bertz CT molecular complexity index is 1050. The number of carbonyl (C=O) groups is 1. The first-order chi connectivity index (χ1) is 13.7. The summed E-state index contributed by atoms with van der Waals surface area (Å²) in [5.74, 6) is -0.0800. The fourth-order valence-electron chi connectivity index (χ4n) is 2.99. The zero-order valence-electron chi connectivity index (χ0n) is 15.5. The van der Waals surface area contributed by atoms with Crippen LogP contribution in [0.15, 0.2) is 73.1 Å². The van der Waals surface area contributed by atoms with Gasteiger partial charge in [0.2, 0.25) is 0 Å². The predicted molar refractivity (Wildman–Crippen MR) is 112 cm³/mol. The van der Waals surface area contributed by atoms with Crippen LogP contribution in [-0.4, -0.2) is 27.2 Å². The molecule has 140 valence electrons. The number of thiazole rings is 1. The van der Waals surface area contributed by atoms with E-state index in [4.69, 9.17) is 4.98 Å². The van der Waals surface area contributed by atoms with Gasteiger partial charge in [-0.3, -0.25) is 4.79 Å². The molecule has 6 heteroatoms. The van der Waals surface area contributed by atoms with E-state index in [9.17, 15) is 4.79 Å². The highest BCUT2D eigenvalue weighted by Crippen LogP contribution is 2.27. The monoisotopic (exact) mass is 388 g/mol. The summed E-state index contributed by atoms with van der Waals surface area (Å²) in [5, 5.41) is 8.19. The first-order valence-corrected chi connectivity index (χ1v) is 9.92. The first kappa shape index (κ1) is 18.1. The van der Waals surface area contributed by atoms with E-state index in [0.29, 0.717) is 12.1 Å². The molecule has 0 radical (unpaired) electrons. The molecule has 5 nitrogen and oxygen atoms in total. The van der Waals surface area contributed by atoms with Crippen LogP contribution in [0.25, 0.3) is 16.9 Å². The highest BCUT2D eigenvalue weighted by molar-refractivity contribution is 7.12. The normalized spacial score (nSPS) is 10.8. The number of aromatic nitrogens is 3. The Balaban J connectivity index is 1.34. The van der Waals surface area contributed by atoms with Gasteiger partial charge < -0.3 is 5.32 Å². The van der Waals surface area contributed by atoms with Gasteiger partial charge in [-0.05, 0) is 37.3 Å². The van der Waals surface area contributed by atoms with Gasteiger partial charge in [0.25, 0.3) is 5.91 Å². The Morgan fingerprint density at radius 2 is 1.86 bits per heavy atom. The molecule has 0 saturated heterocycles. The van der Waals surface area contributed by atoms with Crippen LogP contribution >= 0.6 is 11.3 Å². The third kappa shape index (κ3) is 4.02. The lowest BCUT2D eigenvalue weighted by Crippen LogP contribution is -2.25. The summed E-state index contributed by atoms with van der Waals surface area (Å²) in [7, 11) is 0. The van der Waals surface area contributed by atoms with Crippen LogP contribution in [0.3, 0.4) is 0 Å². The van der Waals surface area contributed by atoms with Gasteiger partial charge in [-0.2, -0.15) is 5.10 Å². The van der Waals surface area contributed by atoms with Gasteiger partial charge in [0.1, 0.15) is 0 Å². The number of amides is 1. The molecule has 0 aliphatic carbocycles. The van der Waals surface area contributed by atoms with Crippen molar-refractivity contribution in [3.8, 4) is 16.9 Å². The highest BCUT2D eigenvalue weighted by atomic mass is 32.1. The topological polar surface area (TPSA) is 59.8 Å². The van der Waals surface area contributed by atoms with Crippen molar-refractivity contribution in [2.75, 3.05) is 6.54 Å². The summed E-state index contributed by atoms with van der Waals surface area (Å²) in [4.78, 5) is 18.3. The third-order valence-electron chi connectivity index (χ3n) is 4.41. The summed E-state index contributed by atoms with van der Waals surface area (Å²) in [6.45, 7) is 2.64. The lowest BCUT2D eigenvalue weighted by molar-refractivity contribution is 0.0954. The van der Waals surface area contributed by atoms with Crippen molar-refractivity contribution >= 4 is 17.2 Å². The molecular weight excluding hydrogens is 368 g/mol. The second kappa shape index (κ2) is 8.19. The molecule has 4 rings (SSSR count). The molecule has 2 aromatic heterocycles. The van der Waals surface area contributed by atoms with Crippen molar-refractivity contribution in [2.45, 2.75) is 13.3 Å². The average Bonchev–Trinajstić information content (AvgIpc) is 3.39. The number of hydrogen-bond acceptors (Lipinski definition) is 4. The Labute approximate surface area is 167 Å².